The van der Waals surface area contributed by atoms with E-state index >= 15 is 0 Å². The third-order valence-corrected chi connectivity index (χ3v) is 2.68. The van der Waals surface area contributed by atoms with Crippen molar-refractivity contribution in [3.05, 3.63) is 0 Å². The highest BCUT2D eigenvalue weighted by Gasteiger charge is 2.18. The third kappa shape index (κ3) is 5.04. The van der Waals surface area contributed by atoms with Crippen LogP contribution in [-0.4, -0.2) is 19.4 Å². The van der Waals surface area contributed by atoms with Gasteiger partial charge < -0.3 is 10.1 Å². The van der Waals surface area contributed by atoms with Crippen LogP contribution in [0, 0.1) is 5.92 Å². The maximum absolute atomic E-state index is 10.2. The monoisotopic (exact) mass is 185 g/mol. The molecule has 1 fully saturated rings. The molecule has 0 aromatic rings. The van der Waals surface area contributed by atoms with Crippen molar-refractivity contribution in [1.82, 2.24) is 5.32 Å². The van der Waals surface area contributed by atoms with Crippen molar-refractivity contribution in [3.8, 4) is 0 Å². The van der Waals surface area contributed by atoms with Gasteiger partial charge in [0.2, 0.25) is 0 Å². The zero-order valence-corrected chi connectivity index (χ0v) is 9.18. The van der Waals surface area contributed by atoms with Gasteiger partial charge in [-0.05, 0) is 38.6 Å². The van der Waals surface area contributed by atoms with Crippen LogP contribution >= 0.6 is 0 Å². The van der Waals surface area contributed by atoms with Crippen molar-refractivity contribution in [2.75, 3.05) is 7.05 Å². The van der Waals surface area contributed by atoms with Crippen LogP contribution in [0.1, 0.15) is 46.0 Å². The van der Waals surface area contributed by atoms with Gasteiger partial charge in [0.1, 0.15) is 6.29 Å². The van der Waals surface area contributed by atoms with Crippen molar-refractivity contribution in [1.29, 1.82) is 0 Å². The van der Waals surface area contributed by atoms with Crippen molar-refractivity contribution in [3.63, 3.8) is 0 Å². The molecule has 13 heavy (non-hydrogen) atoms. The predicted molar refractivity (Wildman–Crippen MR) is 56.8 cm³/mol. The molecule has 0 radical (unpaired) electrons. The molecule has 0 aliphatic heterocycles. The fourth-order valence-corrected chi connectivity index (χ4v) is 1.82. The van der Waals surface area contributed by atoms with Gasteiger partial charge in [0.05, 0.1) is 0 Å². The van der Waals surface area contributed by atoms with E-state index in [4.69, 9.17) is 0 Å². The largest absolute Gasteiger partial charge is 0.317 e. The molecular weight excluding hydrogens is 162 g/mol. The molecular formula is C11H23NO. The lowest BCUT2D eigenvalue weighted by molar-refractivity contribution is -0.108. The molecule has 1 rings (SSSR count). The van der Waals surface area contributed by atoms with Gasteiger partial charge in [-0.1, -0.05) is 13.8 Å². The molecule has 1 saturated carbocycles. The van der Waals surface area contributed by atoms with E-state index in [-0.39, 0.29) is 0 Å². The van der Waals surface area contributed by atoms with E-state index in [1.54, 1.807) is 0 Å². The molecule has 0 bridgehead atoms. The number of carbonyl (C=O) groups excluding carboxylic acids is 1. The molecule has 0 atom stereocenters. The fourth-order valence-electron chi connectivity index (χ4n) is 1.82. The van der Waals surface area contributed by atoms with Gasteiger partial charge in [-0.25, -0.2) is 0 Å². The number of aldehydes is 1. The Hall–Kier alpha value is -0.370. The van der Waals surface area contributed by atoms with Crippen LogP contribution in [0.2, 0.25) is 0 Å². The fraction of sp³-hybridized carbons (Fsp3) is 0.909. The topological polar surface area (TPSA) is 29.1 Å². The lowest BCUT2D eigenvalue weighted by Gasteiger charge is -2.26. The van der Waals surface area contributed by atoms with Crippen LogP contribution in [0.15, 0.2) is 0 Å². The molecule has 1 aliphatic rings. The van der Waals surface area contributed by atoms with E-state index in [2.05, 4.69) is 5.32 Å². The van der Waals surface area contributed by atoms with Gasteiger partial charge in [0, 0.05) is 12.5 Å². The first-order valence-corrected chi connectivity index (χ1v) is 5.47. The first kappa shape index (κ1) is 12.6. The van der Waals surface area contributed by atoms with Crippen LogP contribution in [0.4, 0.5) is 0 Å². The molecule has 0 heterocycles. The first-order valence-electron chi connectivity index (χ1n) is 5.47. The summed E-state index contributed by atoms with van der Waals surface area (Å²) in [5.41, 5.74) is 0. The Bertz CT molecular complexity index is 117. The lowest BCUT2D eigenvalue weighted by Crippen LogP contribution is -2.30. The van der Waals surface area contributed by atoms with E-state index in [1.165, 1.54) is 25.7 Å². The summed E-state index contributed by atoms with van der Waals surface area (Å²) in [7, 11) is 2.02. The second-order valence-electron chi connectivity index (χ2n) is 3.41. The minimum Gasteiger partial charge on any atom is -0.317 e. The van der Waals surface area contributed by atoms with E-state index in [9.17, 15) is 4.79 Å². The molecule has 0 spiro atoms. The van der Waals surface area contributed by atoms with E-state index in [0.717, 1.165) is 12.7 Å². The Morgan fingerprint density at radius 2 is 1.77 bits per heavy atom. The summed E-state index contributed by atoms with van der Waals surface area (Å²) in [4.78, 5) is 10.2. The quantitative estimate of drug-likeness (QED) is 0.684. The molecule has 2 nitrogen and oxygen atoms in total. The summed E-state index contributed by atoms with van der Waals surface area (Å²) in [5.74, 6) is 0.678. The summed E-state index contributed by atoms with van der Waals surface area (Å²) in [5, 5.41) is 3.28. The van der Waals surface area contributed by atoms with Crippen LogP contribution in [0.3, 0.4) is 0 Å². The Morgan fingerprint density at radius 3 is 2.15 bits per heavy atom. The van der Waals surface area contributed by atoms with Crippen molar-refractivity contribution >= 4 is 6.29 Å². The summed E-state index contributed by atoms with van der Waals surface area (Å²) >= 11 is 0. The average Bonchev–Trinajstić information content (AvgIpc) is 2.23. The molecule has 0 aromatic heterocycles. The zero-order chi connectivity index (χ0) is 10.1. The maximum atomic E-state index is 10.2. The summed E-state index contributed by atoms with van der Waals surface area (Å²) in [6, 6.07) is 0.706. The predicted octanol–water partition coefficient (Wildman–Crippen LogP) is 2.38. The van der Waals surface area contributed by atoms with Crippen LogP contribution in [0.5, 0.6) is 0 Å². The number of hydrogen-bond acceptors (Lipinski definition) is 2. The van der Waals surface area contributed by atoms with Crippen LogP contribution < -0.4 is 5.32 Å². The van der Waals surface area contributed by atoms with Crippen molar-refractivity contribution in [2.24, 2.45) is 5.92 Å². The Labute approximate surface area is 82.1 Å². The van der Waals surface area contributed by atoms with Crippen molar-refractivity contribution in [2.45, 2.75) is 52.0 Å². The van der Waals surface area contributed by atoms with Gasteiger partial charge >= 0.3 is 0 Å². The molecule has 0 amide bonds. The van der Waals surface area contributed by atoms with Gasteiger partial charge in [-0.3, -0.25) is 0 Å². The van der Waals surface area contributed by atoms with E-state index in [1.807, 2.05) is 20.9 Å². The summed E-state index contributed by atoms with van der Waals surface area (Å²) in [6.45, 7) is 4.00. The smallest absolute Gasteiger partial charge is 0.120 e. The first-order chi connectivity index (χ1) is 6.36. The van der Waals surface area contributed by atoms with Gasteiger partial charge in [-0.2, -0.15) is 0 Å². The van der Waals surface area contributed by atoms with Gasteiger partial charge in [-0.15, -0.1) is 0 Å². The van der Waals surface area contributed by atoms with E-state index < -0.39 is 0 Å². The molecule has 1 aliphatic carbocycles. The third-order valence-electron chi connectivity index (χ3n) is 2.68. The number of carbonyl (C=O) groups is 1. The van der Waals surface area contributed by atoms with Crippen LogP contribution in [-0.2, 0) is 4.79 Å². The van der Waals surface area contributed by atoms with Crippen LogP contribution in [0.25, 0.3) is 0 Å². The highest BCUT2D eigenvalue weighted by atomic mass is 16.1. The number of hydrogen-bond donors (Lipinski definition) is 1. The minimum absolute atomic E-state index is 0.678. The lowest BCUT2D eigenvalue weighted by atomic mass is 9.84. The molecule has 0 unspecified atom stereocenters. The molecule has 2 heteroatoms. The average molecular weight is 185 g/mol. The normalized spacial score (nSPS) is 27.3. The Kier molecular flexibility index (Phi) is 8.00. The maximum Gasteiger partial charge on any atom is 0.120 e. The highest BCUT2D eigenvalue weighted by Crippen LogP contribution is 2.25. The molecule has 0 aromatic carbocycles. The zero-order valence-electron chi connectivity index (χ0n) is 9.18. The SMILES string of the molecule is CC.CNC1CCC(CC=O)CC1. The van der Waals surface area contributed by atoms with Gasteiger partial charge in [0.15, 0.2) is 0 Å². The summed E-state index contributed by atoms with van der Waals surface area (Å²) < 4.78 is 0. The number of nitrogens with one attached hydrogen (secondary N) is 1. The second-order valence-corrected chi connectivity index (χ2v) is 3.41. The Balaban J connectivity index is 0.000000671. The van der Waals surface area contributed by atoms with E-state index in [0.29, 0.717) is 12.0 Å². The molecule has 0 saturated heterocycles. The molecule has 1 N–H and O–H groups in total. The highest BCUT2D eigenvalue weighted by molar-refractivity contribution is 5.49. The second kappa shape index (κ2) is 8.24. The Morgan fingerprint density at radius 1 is 1.23 bits per heavy atom. The molecule has 78 valence electrons. The number of rotatable bonds is 3. The van der Waals surface area contributed by atoms with Crippen molar-refractivity contribution < 1.29 is 4.79 Å². The minimum atomic E-state index is 0.678. The summed E-state index contributed by atoms with van der Waals surface area (Å²) in [6.07, 6.45) is 6.78. The van der Waals surface area contributed by atoms with Gasteiger partial charge in [0.25, 0.3) is 0 Å². The standard InChI is InChI=1S/C9H17NO.C2H6/c1-10-9-4-2-8(3-5-9)6-7-11;1-2/h7-10H,2-6H2,1H3;1-2H3.